The molecular weight excluding hydrogens is 596 g/mol. The molecule has 0 bridgehead atoms. The van der Waals surface area contributed by atoms with E-state index in [1.54, 1.807) is 36.2 Å². The molecule has 2 atom stereocenters. The number of hydrogen-bond acceptors (Lipinski definition) is 6. The lowest BCUT2D eigenvalue weighted by Crippen LogP contribution is -2.41. The molecule has 0 radical (unpaired) electrons. The van der Waals surface area contributed by atoms with Crippen molar-refractivity contribution in [2.45, 2.75) is 45.9 Å². The highest BCUT2D eigenvalue weighted by Gasteiger charge is 2.26. The Balaban J connectivity index is 1.53. The Kier molecular flexibility index (Phi) is 10.7. The van der Waals surface area contributed by atoms with E-state index in [1.165, 1.54) is 6.07 Å². The average molecular weight is 637 g/mol. The summed E-state index contributed by atoms with van der Waals surface area (Å²) in [6.45, 7) is 6.72. The SMILES string of the molecule is CCN(CC)C(=O)c1cccc2c(C[C@@H](C)N(C[C@@H](O)c3ccc(OCc4ccccc4)c(NS(C)(=O)=O)c3)C(=O)O)c[nH]c12. The lowest BCUT2D eigenvalue weighted by molar-refractivity contribution is 0.0774. The van der Waals surface area contributed by atoms with Crippen LogP contribution in [0.1, 0.15) is 53.9 Å². The van der Waals surface area contributed by atoms with Crippen molar-refractivity contribution in [2.75, 3.05) is 30.6 Å². The number of H-pyrrole nitrogens is 1. The number of carbonyl (C=O) groups excluding carboxylic acids is 1. The van der Waals surface area contributed by atoms with Crippen LogP contribution in [0.3, 0.4) is 0 Å². The number of ether oxygens (including phenoxy) is 1. The molecule has 2 amide bonds. The van der Waals surface area contributed by atoms with Crippen LogP contribution in [0.25, 0.3) is 10.9 Å². The zero-order chi connectivity index (χ0) is 32.7. The summed E-state index contributed by atoms with van der Waals surface area (Å²) in [5.41, 5.74) is 3.42. The van der Waals surface area contributed by atoms with Gasteiger partial charge in [-0.3, -0.25) is 9.52 Å². The summed E-state index contributed by atoms with van der Waals surface area (Å²) in [5.74, 6) is 0.186. The minimum Gasteiger partial charge on any atom is -0.487 e. The number of fused-ring (bicyclic) bond motifs is 1. The number of amides is 2. The molecule has 11 nitrogen and oxygen atoms in total. The summed E-state index contributed by atoms with van der Waals surface area (Å²) in [7, 11) is -3.68. The second kappa shape index (κ2) is 14.5. The summed E-state index contributed by atoms with van der Waals surface area (Å²) in [5, 5.41) is 22.0. The Morgan fingerprint density at radius 3 is 2.38 bits per heavy atom. The van der Waals surface area contributed by atoms with Crippen LogP contribution < -0.4 is 9.46 Å². The van der Waals surface area contributed by atoms with Crippen molar-refractivity contribution < 1.29 is 33.0 Å². The number of aliphatic hydroxyl groups is 1. The molecular formula is C33H40N4O7S. The Labute approximate surface area is 263 Å². The van der Waals surface area contributed by atoms with Gasteiger partial charge in [0.05, 0.1) is 35.7 Å². The largest absolute Gasteiger partial charge is 0.487 e. The second-order valence-corrected chi connectivity index (χ2v) is 12.7. The molecule has 4 N–H and O–H groups in total. The molecule has 4 rings (SSSR count). The quantitative estimate of drug-likeness (QED) is 0.148. The number of anilines is 1. The number of benzene rings is 3. The molecule has 4 aromatic rings. The number of para-hydroxylation sites is 1. The van der Waals surface area contributed by atoms with Gasteiger partial charge in [0.2, 0.25) is 10.0 Å². The first-order valence-electron chi connectivity index (χ1n) is 14.8. The molecule has 0 spiro atoms. The number of nitrogens with one attached hydrogen (secondary N) is 2. The van der Waals surface area contributed by atoms with Gasteiger partial charge in [0.25, 0.3) is 5.91 Å². The Bertz CT molecular complexity index is 1740. The van der Waals surface area contributed by atoms with Gasteiger partial charge in [-0.15, -0.1) is 0 Å². The summed E-state index contributed by atoms with van der Waals surface area (Å²) >= 11 is 0. The van der Waals surface area contributed by atoms with E-state index in [1.807, 2.05) is 56.3 Å². The van der Waals surface area contributed by atoms with Gasteiger partial charge in [0.15, 0.2) is 0 Å². The Hall–Kier alpha value is -4.55. The van der Waals surface area contributed by atoms with Crippen molar-refractivity contribution in [3.8, 4) is 5.75 Å². The number of aromatic amines is 1. The van der Waals surface area contributed by atoms with Gasteiger partial charge in [0.1, 0.15) is 12.4 Å². The van der Waals surface area contributed by atoms with Crippen molar-refractivity contribution >= 4 is 38.6 Å². The van der Waals surface area contributed by atoms with E-state index in [9.17, 15) is 28.2 Å². The third kappa shape index (κ3) is 8.34. The number of carboxylic acid groups (broad SMARTS) is 1. The predicted molar refractivity (Wildman–Crippen MR) is 174 cm³/mol. The number of rotatable bonds is 14. The van der Waals surface area contributed by atoms with Gasteiger partial charge in [-0.05, 0) is 62.1 Å². The van der Waals surface area contributed by atoms with E-state index >= 15 is 0 Å². The van der Waals surface area contributed by atoms with Gasteiger partial charge in [-0.25, -0.2) is 13.2 Å². The van der Waals surface area contributed by atoms with Crippen LogP contribution in [0, 0.1) is 0 Å². The van der Waals surface area contributed by atoms with Crippen LogP contribution in [0.4, 0.5) is 10.5 Å². The molecule has 1 aromatic heterocycles. The molecule has 12 heteroatoms. The molecule has 1 heterocycles. The monoisotopic (exact) mass is 636 g/mol. The molecule has 0 saturated heterocycles. The van der Waals surface area contributed by atoms with E-state index in [-0.39, 0.29) is 30.5 Å². The Morgan fingerprint density at radius 1 is 1.02 bits per heavy atom. The maximum atomic E-state index is 13.1. The van der Waals surface area contributed by atoms with Gasteiger partial charge in [-0.1, -0.05) is 48.5 Å². The number of nitrogens with zero attached hydrogens (tertiary/aromatic N) is 2. The summed E-state index contributed by atoms with van der Waals surface area (Å²) in [6, 6.07) is 18.9. The van der Waals surface area contributed by atoms with Gasteiger partial charge < -0.3 is 29.7 Å². The normalized spacial score (nSPS) is 12.8. The smallest absolute Gasteiger partial charge is 0.407 e. The highest BCUT2D eigenvalue weighted by atomic mass is 32.2. The third-order valence-corrected chi connectivity index (χ3v) is 8.26. The average Bonchev–Trinajstić information content (AvgIpc) is 3.41. The van der Waals surface area contributed by atoms with Crippen molar-refractivity contribution in [2.24, 2.45) is 0 Å². The number of carbonyl (C=O) groups is 2. The van der Waals surface area contributed by atoms with Crippen LogP contribution in [0.15, 0.2) is 72.9 Å². The summed E-state index contributed by atoms with van der Waals surface area (Å²) < 4.78 is 32.5. The fraction of sp³-hybridized carbons (Fsp3) is 0.333. The highest BCUT2D eigenvalue weighted by Crippen LogP contribution is 2.31. The first-order chi connectivity index (χ1) is 21.4. The molecule has 0 fully saturated rings. The number of hydrogen-bond donors (Lipinski definition) is 4. The van der Waals surface area contributed by atoms with Crippen molar-refractivity contribution in [1.29, 1.82) is 0 Å². The molecule has 0 aliphatic heterocycles. The van der Waals surface area contributed by atoms with Crippen LogP contribution in [-0.4, -0.2) is 77.3 Å². The number of sulfonamides is 1. The van der Waals surface area contributed by atoms with E-state index in [2.05, 4.69) is 9.71 Å². The predicted octanol–water partition coefficient (Wildman–Crippen LogP) is 5.25. The summed E-state index contributed by atoms with van der Waals surface area (Å²) in [4.78, 5) is 31.5. The van der Waals surface area contributed by atoms with Crippen molar-refractivity contribution in [1.82, 2.24) is 14.8 Å². The molecule has 45 heavy (non-hydrogen) atoms. The van der Waals surface area contributed by atoms with E-state index in [0.29, 0.717) is 36.2 Å². The second-order valence-electron chi connectivity index (χ2n) is 10.9. The van der Waals surface area contributed by atoms with Crippen molar-refractivity contribution in [3.05, 3.63) is 95.2 Å². The van der Waals surface area contributed by atoms with E-state index in [0.717, 1.165) is 27.7 Å². The lowest BCUT2D eigenvalue weighted by Gasteiger charge is -2.29. The van der Waals surface area contributed by atoms with Crippen LogP contribution in [0.2, 0.25) is 0 Å². The van der Waals surface area contributed by atoms with Gasteiger partial charge >= 0.3 is 6.09 Å². The van der Waals surface area contributed by atoms with Gasteiger partial charge in [0, 0.05) is 30.7 Å². The first kappa shape index (κ1) is 33.3. The molecule has 0 saturated carbocycles. The zero-order valence-corrected chi connectivity index (χ0v) is 26.7. The lowest BCUT2D eigenvalue weighted by atomic mass is 10.0. The Morgan fingerprint density at radius 2 is 1.73 bits per heavy atom. The van der Waals surface area contributed by atoms with Crippen LogP contribution in [0.5, 0.6) is 5.75 Å². The highest BCUT2D eigenvalue weighted by molar-refractivity contribution is 7.92. The minimum atomic E-state index is -3.68. The van der Waals surface area contributed by atoms with E-state index < -0.39 is 28.3 Å². The molecule has 240 valence electrons. The maximum absolute atomic E-state index is 13.1. The first-order valence-corrected chi connectivity index (χ1v) is 16.6. The fourth-order valence-electron chi connectivity index (χ4n) is 5.30. The van der Waals surface area contributed by atoms with Crippen LogP contribution in [-0.2, 0) is 23.1 Å². The molecule has 0 unspecified atom stereocenters. The molecule has 0 aliphatic rings. The molecule has 3 aromatic carbocycles. The number of aliphatic hydroxyl groups excluding tert-OH is 1. The molecule has 0 aliphatic carbocycles. The van der Waals surface area contributed by atoms with Crippen LogP contribution >= 0.6 is 0 Å². The maximum Gasteiger partial charge on any atom is 0.407 e. The summed E-state index contributed by atoms with van der Waals surface area (Å²) in [6.07, 6.45) is 0.658. The third-order valence-electron chi connectivity index (χ3n) is 7.67. The zero-order valence-electron chi connectivity index (χ0n) is 25.9. The number of aromatic nitrogens is 1. The van der Waals surface area contributed by atoms with Crippen molar-refractivity contribution in [3.63, 3.8) is 0 Å². The van der Waals surface area contributed by atoms with E-state index in [4.69, 9.17) is 4.74 Å². The topological polar surface area (TPSA) is 152 Å². The van der Waals surface area contributed by atoms with Gasteiger partial charge in [-0.2, -0.15) is 0 Å². The minimum absolute atomic E-state index is 0.0800. The standard InChI is InChI=1S/C33H40N4O7S/c1-5-36(6-2)32(39)27-14-10-13-26-25(19-34-31(26)27)17-22(3)37(33(40)41)20-29(38)24-15-16-30(28(18-24)35-45(4,42)43)44-21-23-11-8-7-9-12-23/h7-16,18-19,22,29,34-35,38H,5-6,17,20-21H2,1-4H3,(H,40,41)/t22-,29-/m1/s1. The fourth-order valence-corrected chi connectivity index (χ4v) is 5.86.